The van der Waals surface area contributed by atoms with Crippen molar-refractivity contribution in [2.75, 3.05) is 5.32 Å². The number of nitrogens with one attached hydrogen (secondary N) is 1. The van der Waals surface area contributed by atoms with Crippen molar-refractivity contribution in [3.05, 3.63) is 41.0 Å². The van der Waals surface area contributed by atoms with Gasteiger partial charge in [-0.05, 0) is 26.0 Å². The maximum absolute atomic E-state index is 11.9. The van der Waals surface area contributed by atoms with Crippen LogP contribution in [0.25, 0.3) is 0 Å². The number of aromatic nitrogens is 4. The van der Waals surface area contributed by atoms with Gasteiger partial charge >= 0.3 is 5.97 Å². The van der Waals surface area contributed by atoms with Crippen LogP contribution in [-0.2, 0) is 0 Å². The van der Waals surface area contributed by atoms with Crippen LogP contribution >= 0.6 is 0 Å². The zero-order chi connectivity index (χ0) is 14.7. The second-order valence-corrected chi connectivity index (χ2v) is 4.00. The van der Waals surface area contributed by atoms with Crippen LogP contribution in [0.3, 0.4) is 0 Å². The fraction of sp³-hybridized carbons (Fsp3) is 0.167. The van der Waals surface area contributed by atoms with Gasteiger partial charge in [-0.2, -0.15) is 5.10 Å². The summed E-state index contributed by atoms with van der Waals surface area (Å²) in [5.41, 5.74) is 1.26. The van der Waals surface area contributed by atoms with Crippen molar-refractivity contribution in [2.24, 2.45) is 0 Å². The van der Waals surface area contributed by atoms with Gasteiger partial charge in [0.15, 0.2) is 0 Å². The molecule has 0 aliphatic rings. The second-order valence-electron chi connectivity index (χ2n) is 4.00. The fourth-order valence-electron chi connectivity index (χ4n) is 1.37. The first-order chi connectivity index (χ1) is 9.47. The van der Waals surface area contributed by atoms with E-state index in [1.165, 1.54) is 18.3 Å². The Bertz CT molecular complexity index is 687. The molecule has 2 aromatic heterocycles. The summed E-state index contributed by atoms with van der Waals surface area (Å²) in [6.45, 7) is 3.50. The minimum absolute atomic E-state index is 0.0618. The number of anilines is 1. The molecule has 0 aromatic carbocycles. The highest BCUT2D eigenvalue weighted by molar-refractivity contribution is 6.04. The van der Waals surface area contributed by atoms with Gasteiger partial charge in [-0.1, -0.05) is 0 Å². The van der Waals surface area contributed by atoms with Gasteiger partial charge < -0.3 is 5.11 Å². The van der Waals surface area contributed by atoms with Gasteiger partial charge in [0, 0.05) is 11.8 Å². The fourth-order valence-corrected chi connectivity index (χ4v) is 1.37. The van der Waals surface area contributed by atoms with E-state index < -0.39 is 11.9 Å². The smallest absolute Gasteiger partial charge is 0.354 e. The number of rotatable bonds is 3. The summed E-state index contributed by atoms with van der Waals surface area (Å²) in [7, 11) is 0. The summed E-state index contributed by atoms with van der Waals surface area (Å²) < 4.78 is 0. The number of carbonyl (C=O) groups is 2. The van der Waals surface area contributed by atoms with Crippen LogP contribution in [0.4, 0.5) is 5.95 Å². The highest BCUT2D eigenvalue weighted by Crippen LogP contribution is 2.07. The van der Waals surface area contributed by atoms with Crippen LogP contribution in [0.5, 0.6) is 0 Å². The monoisotopic (exact) mass is 273 g/mol. The lowest BCUT2D eigenvalue weighted by Crippen LogP contribution is -2.16. The molecular weight excluding hydrogens is 262 g/mol. The van der Waals surface area contributed by atoms with Gasteiger partial charge in [0.25, 0.3) is 5.91 Å². The van der Waals surface area contributed by atoms with Gasteiger partial charge in [-0.3, -0.25) is 10.1 Å². The lowest BCUT2D eigenvalue weighted by Gasteiger charge is -2.05. The number of hydrogen-bond acceptors (Lipinski definition) is 6. The Morgan fingerprint density at radius 1 is 1.20 bits per heavy atom. The second kappa shape index (κ2) is 5.39. The largest absolute Gasteiger partial charge is 0.477 e. The Morgan fingerprint density at radius 3 is 2.60 bits per heavy atom. The van der Waals surface area contributed by atoms with E-state index in [-0.39, 0.29) is 17.2 Å². The van der Waals surface area contributed by atoms with Crippen LogP contribution in [0.1, 0.15) is 32.2 Å². The van der Waals surface area contributed by atoms with E-state index in [0.29, 0.717) is 11.4 Å². The third kappa shape index (κ3) is 2.91. The summed E-state index contributed by atoms with van der Waals surface area (Å²) in [5, 5.41) is 18.8. The summed E-state index contributed by atoms with van der Waals surface area (Å²) in [6, 6.07) is 2.57. The highest BCUT2D eigenvalue weighted by atomic mass is 16.4. The molecule has 0 aliphatic heterocycles. The van der Waals surface area contributed by atoms with Crippen molar-refractivity contribution in [3.8, 4) is 0 Å². The predicted molar refractivity (Wildman–Crippen MR) is 68.5 cm³/mol. The van der Waals surface area contributed by atoms with Gasteiger partial charge in [-0.25, -0.2) is 14.8 Å². The Hall–Kier alpha value is -2.90. The van der Waals surface area contributed by atoms with Crippen molar-refractivity contribution in [1.82, 2.24) is 20.2 Å². The number of aryl methyl sites for hydroxylation is 2. The van der Waals surface area contributed by atoms with Crippen LogP contribution in [0, 0.1) is 13.8 Å². The molecule has 0 radical (unpaired) electrons. The minimum atomic E-state index is -1.20. The summed E-state index contributed by atoms with van der Waals surface area (Å²) in [6.07, 6.45) is 1.25. The molecule has 2 heterocycles. The number of nitrogens with zero attached hydrogens (tertiary/aromatic N) is 4. The molecule has 0 atom stereocenters. The molecule has 2 aromatic rings. The van der Waals surface area contributed by atoms with Crippen molar-refractivity contribution < 1.29 is 14.7 Å². The number of carboxylic acid groups (broad SMARTS) is 1. The number of carbonyl (C=O) groups excluding carboxylic acids is 1. The molecule has 2 N–H and O–H groups in total. The summed E-state index contributed by atoms with van der Waals surface area (Å²) >= 11 is 0. The predicted octanol–water partition coefficient (Wildman–Crippen LogP) is 0.834. The molecule has 8 heteroatoms. The van der Waals surface area contributed by atoms with E-state index in [1.54, 1.807) is 13.8 Å². The lowest BCUT2D eigenvalue weighted by molar-refractivity contribution is 0.0690. The van der Waals surface area contributed by atoms with Crippen LogP contribution < -0.4 is 5.32 Å². The first-order valence-corrected chi connectivity index (χ1v) is 5.66. The van der Waals surface area contributed by atoms with E-state index in [0.717, 1.165) is 0 Å². The summed E-state index contributed by atoms with van der Waals surface area (Å²) in [4.78, 5) is 30.4. The van der Waals surface area contributed by atoms with Gasteiger partial charge in [-0.15, -0.1) is 5.10 Å². The lowest BCUT2D eigenvalue weighted by atomic mass is 10.2. The standard InChI is InChI=1S/C12H11N5O3/c1-6-7(2)16-17-12(14-6)15-10(18)8-3-4-13-9(5-8)11(19)20/h3-5H,1-2H3,(H,19,20)(H,14,15,17,18). The van der Waals surface area contributed by atoms with Gasteiger partial charge in [0.2, 0.25) is 5.95 Å². The molecule has 0 saturated heterocycles. The zero-order valence-corrected chi connectivity index (χ0v) is 10.8. The van der Waals surface area contributed by atoms with E-state index in [4.69, 9.17) is 5.11 Å². The first-order valence-electron chi connectivity index (χ1n) is 5.66. The quantitative estimate of drug-likeness (QED) is 0.850. The van der Waals surface area contributed by atoms with Crippen molar-refractivity contribution in [2.45, 2.75) is 13.8 Å². The Balaban J connectivity index is 2.21. The number of carboxylic acids is 1. The average molecular weight is 273 g/mol. The number of aromatic carboxylic acids is 1. The average Bonchev–Trinajstić information content (AvgIpc) is 2.43. The maximum atomic E-state index is 11.9. The number of hydrogen-bond donors (Lipinski definition) is 2. The first kappa shape index (κ1) is 13.5. The van der Waals surface area contributed by atoms with Crippen LogP contribution in [-0.4, -0.2) is 37.1 Å². The van der Waals surface area contributed by atoms with Crippen LogP contribution in [0.2, 0.25) is 0 Å². The summed E-state index contributed by atoms with van der Waals surface area (Å²) in [5.74, 6) is -1.67. The minimum Gasteiger partial charge on any atom is -0.477 e. The van der Waals surface area contributed by atoms with Gasteiger partial charge in [0.1, 0.15) is 5.69 Å². The molecule has 0 fully saturated rings. The van der Waals surface area contributed by atoms with Crippen LogP contribution in [0.15, 0.2) is 18.3 Å². The SMILES string of the molecule is Cc1nnc(NC(=O)c2ccnc(C(=O)O)c2)nc1C. The number of amides is 1. The highest BCUT2D eigenvalue weighted by Gasteiger charge is 2.12. The van der Waals surface area contributed by atoms with E-state index in [9.17, 15) is 9.59 Å². The molecule has 0 unspecified atom stereocenters. The third-order valence-corrected chi connectivity index (χ3v) is 2.56. The molecule has 1 amide bonds. The van der Waals surface area contributed by atoms with E-state index in [1.807, 2.05) is 0 Å². The van der Waals surface area contributed by atoms with Crippen molar-refractivity contribution in [1.29, 1.82) is 0 Å². The Labute approximate surface area is 113 Å². The molecule has 2 rings (SSSR count). The molecule has 20 heavy (non-hydrogen) atoms. The maximum Gasteiger partial charge on any atom is 0.354 e. The van der Waals surface area contributed by atoms with Crippen molar-refractivity contribution in [3.63, 3.8) is 0 Å². The third-order valence-electron chi connectivity index (χ3n) is 2.56. The Morgan fingerprint density at radius 2 is 1.95 bits per heavy atom. The normalized spacial score (nSPS) is 10.1. The number of pyridine rings is 1. The van der Waals surface area contributed by atoms with E-state index in [2.05, 4.69) is 25.5 Å². The molecule has 0 saturated carbocycles. The molecule has 0 aliphatic carbocycles. The Kier molecular flexibility index (Phi) is 3.65. The zero-order valence-electron chi connectivity index (χ0n) is 10.8. The van der Waals surface area contributed by atoms with Gasteiger partial charge in [0.05, 0.1) is 11.4 Å². The molecular formula is C12H11N5O3. The molecule has 0 spiro atoms. The molecule has 0 bridgehead atoms. The van der Waals surface area contributed by atoms with E-state index >= 15 is 0 Å². The topological polar surface area (TPSA) is 118 Å². The molecule has 102 valence electrons. The van der Waals surface area contributed by atoms with Crippen molar-refractivity contribution >= 4 is 17.8 Å². The molecule has 8 nitrogen and oxygen atoms in total.